The minimum Gasteiger partial charge on any atom is -0.444 e. The van der Waals surface area contributed by atoms with Crippen molar-refractivity contribution in [3.8, 4) is 0 Å². The molecule has 54 heavy (non-hydrogen) atoms. The molecule has 4 saturated heterocycles. The Balaban J connectivity index is 0.859. The normalized spacial score (nSPS) is 23.0. The molecule has 5 heterocycles. The number of nitrogens with one attached hydrogen (secondary N) is 2. The number of alkyl carbamates (subject to hydrolysis) is 1. The third-order valence-electron chi connectivity index (χ3n) is 11.7. The van der Waals surface area contributed by atoms with Gasteiger partial charge in [-0.3, -0.25) is 19.7 Å². The van der Waals surface area contributed by atoms with Gasteiger partial charge < -0.3 is 24.8 Å². The van der Waals surface area contributed by atoms with Gasteiger partial charge in [0.1, 0.15) is 11.6 Å². The van der Waals surface area contributed by atoms with Gasteiger partial charge in [0.05, 0.1) is 4.90 Å². The van der Waals surface area contributed by atoms with Gasteiger partial charge >= 0.3 is 6.09 Å². The topological polar surface area (TPSA) is 149 Å². The van der Waals surface area contributed by atoms with Crippen molar-refractivity contribution >= 4 is 39.5 Å². The molecular formula is C40H54N6O7S. The Labute approximate surface area is 318 Å². The van der Waals surface area contributed by atoms with Crippen LogP contribution < -0.4 is 15.5 Å². The number of rotatable bonds is 8. The molecule has 5 aliphatic heterocycles. The molecule has 0 aromatic heterocycles. The molecule has 4 fully saturated rings. The third-order valence-corrected chi connectivity index (χ3v) is 13.6. The molecule has 0 radical (unpaired) electrons. The monoisotopic (exact) mass is 762 g/mol. The number of hydrogen-bond acceptors (Lipinski definition) is 9. The van der Waals surface area contributed by atoms with Crippen LogP contribution in [0.5, 0.6) is 0 Å². The molecule has 1 atom stereocenters. The highest BCUT2D eigenvalue weighted by Crippen LogP contribution is 2.35. The maximum Gasteiger partial charge on any atom is 0.407 e. The number of sulfonamides is 1. The summed E-state index contributed by atoms with van der Waals surface area (Å²) in [6.45, 7) is 11.4. The van der Waals surface area contributed by atoms with Gasteiger partial charge in [-0.15, -0.1) is 0 Å². The van der Waals surface area contributed by atoms with Crippen molar-refractivity contribution in [2.45, 2.75) is 107 Å². The highest BCUT2D eigenvalue weighted by molar-refractivity contribution is 7.89. The lowest BCUT2D eigenvalue weighted by molar-refractivity contribution is -0.136. The predicted octanol–water partition coefficient (Wildman–Crippen LogP) is 4.22. The van der Waals surface area contributed by atoms with Crippen LogP contribution in [0.3, 0.4) is 0 Å². The summed E-state index contributed by atoms with van der Waals surface area (Å²) < 4.78 is 34.2. The Kier molecular flexibility index (Phi) is 11.1. The number of imide groups is 1. The van der Waals surface area contributed by atoms with E-state index in [1.165, 1.54) is 9.87 Å². The van der Waals surface area contributed by atoms with E-state index in [0.717, 1.165) is 69.7 Å². The fraction of sp³-hybridized carbons (Fsp3) is 0.600. The Morgan fingerprint density at radius 2 is 1.61 bits per heavy atom. The first-order valence-corrected chi connectivity index (χ1v) is 21.0. The largest absolute Gasteiger partial charge is 0.444 e. The molecule has 4 amide bonds. The Morgan fingerprint density at radius 1 is 0.889 bits per heavy atom. The lowest BCUT2D eigenvalue weighted by Gasteiger charge is -2.38. The van der Waals surface area contributed by atoms with E-state index >= 15 is 0 Å². The third kappa shape index (κ3) is 8.60. The number of ether oxygens (including phenoxy) is 1. The summed E-state index contributed by atoms with van der Waals surface area (Å²) in [4.78, 5) is 56.2. The van der Waals surface area contributed by atoms with Crippen LogP contribution in [0.1, 0.15) is 99.5 Å². The standard InChI is InChI=1S/C40H54N6O7S/c1-40(2,3)53-39(50)41-31-15-21-45(22-16-31)54(51,52)33-6-4-5-32(24-33)44-19-11-27(12-20-44)25-43-17-13-28(14-18-43)29-7-8-34-30(23-29)26-46(38(34)49)35-9-10-36(47)42-37(35)48/h4-8,23-24,27-28,31,35H,9-22,25-26H2,1-3H3,(H,41,50)(H,42,47,48). The molecule has 0 saturated carbocycles. The molecule has 5 aliphatic rings. The van der Waals surface area contributed by atoms with Crippen LogP contribution >= 0.6 is 0 Å². The fourth-order valence-corrected chi connectivity index (χ4v) is 10.3. The Morgan fingerprint density at radius 3 is 2.30 bits per heavy atom. The number of piperidine rings is 4. The Bertz CT molecular complexity index is 1860. The molecule has 14 heteroatoms. The minimum absolute atomic E-state index is 0.121. The van der Waals surface area contributed by atoms with Crippen LogP contribution in [-0.4, -0.2) is 110 Å². The van der Waals surface area contributed by atoms with E-state index in [1.54, 1.807) is 11.0 Å². The number of anilines is 1. The summed E-state index contributed by atoms with van der Waals surface area (Å²) in [6.07, 6.45) is 5.43. The summed E-state index contributed by atoms with van der Waals surface area (Å²) in [5, 5.41) is 5.25. The molecule has 2 aromatic rings. The molecule has 1 unspecified atom stereocenters. The van der Waals surface area contributed by atoms with Crippen molar-refractivity contribution in [2.24, 2.45) is 5.92 Å². The van der Waals surface area contributed by atoms with Crippen LogP contribution in [0.25, 0.3) is 0 Å². The van der Waals surface area contributed by atoms with Gasteiger partial charge in [-0.2, -0.15) is 4.31 Å². The second-order valence-electron chi connectivity index (χ2n) is 16.6. The zero-order valence-electron chi connectivity index (χ0n) is 31.7. The van der Waals surface area contributed by atoms with Crippen LogP contribution in [0.4, 0.5) is 10.5 Å². The average Bonchev–Trinajstić information content (AvgIpc) is 3.46. The maximum atomic E-state index is 13.6. The smallest absolute Gasteiger partial charge is 0.407 e. The maximum absolute atomic E-state index is 13.6. The van der Waals surface area contributed by atoms with E-state index in [-0.39, 0.29) is 30.2 Å². The zero-order valence-corrected chi connectivity index (χ0v) is 32.5. The molecule has 2 N–H and O–H groups in total. The predicted molar refractivity (Wildman–Crippen MR) is 203 cm³/mol. The lowest BCUT2D eigenvalue weighted by Crippen LogP contribution is -2.52. The van der Waals surface area contributed by atoms with E-state index in [0.29, 0.717) is 61.2 Å². The molecule has 292 valence electrons. The van der Waals surface area contributed by atoms with Crippen LogP contribution in [0, 0.1) is 5.92 Å². The van der Waals surface area contributed by atoms with Gasteiger partial charge in [0.25, 0.3) is 5.91 Å². The van der Waals surface area contributed by atoms with Gasteiger partial charge in [0.2, 0.25) is 21.8 Å². The van der Waals surface area contributed by atoms with Crippen molar-refractivity contribution in [1.82, 2.24) is 24.7 Å². The minimum atomic E-state index is -3.66. The van der Waals surface area contributed by atoms with Crippen molar-refractivity contribution in [2.75, 3.05) is 50.7 Å². The average molecular weight is 763 g/mol. The van der Waals surface area contributed by atoms with Crippen LogP contribution in [0.15, 0.2) is 47.4 Å². The highest BCUT2D eigenvalue weighted by Gasteiger charge is 2.39. The second kappa shape index (κ2) is 15.6. The van der Waals surface area contributed by atoms with Gasteiger partial charge in [-0.1, -0.05) is 18.2 Å². The molecule has 13 nitrogen and oxygen atoms in total. The number of nitrogens with zero attached hydrogens (tertiary/aromatic N) is 4. The number of amides is 4. The summed E-state index contributed by atoms with van der Waals surface area (Å²) >= 11 is 0. The summed E-state index contributed by atoms with van der Waals surface area (Å²) in [5.41, 5.74) is 3.23. The lowest BCUT2D eigenvalue weighted by atomic mass is 9.87. The van der Waals surface area contributed by atoms with Gasteiger partial charge in [0, 0.05) is 63.0 Å². The van der Waals surface area contributed by atoms with Gasteiger partial charge in [-0.05, 0) is 126 Å². The number of carbonyl (C=O) groups is 4. The molecule has 0 aliphatic carbocycles. The number of benzene rings is 2. The summed E-state index contributed by atoms with van der Waals surface area (Å²) in [5.74, 6) is 0.220. The first-order chi connectivity index (χ1) is 25.7. The highest BCUT2D eigenvalue weighted by atomic mass is 32.2. The number of likely N-dealkylation sites (tertiary alicyclic amines) is 1. The van der Waals surface area contributed by atoms with E-state index in [4.69, 9.17) is 4.74 Å². The fourth-order valence-electron chi connectivity index (χ4n) is 8.74. The van der Waals surface area contributed by atoms with Crippen molar-refractivity contribution in [3.05, 3.63) is 59.2 Å². The zero-order chi connectivity index (χ0) is 38.2. The molecule has 7 rings (SSSR count). The van der Waals surface area contributed by atoms with Crippen molar-refractivity contribution < 1.29 is 32.3 Å². The van der Waals surface area contributed by atoms with E-state index in [2.05, 4.69) is 32.6 Å². The second-order valence-corrected chi connectivity index (χ2v) is 18.6. The molecule has 0 bridgehead atoms. The van der Waals surface area contributed by atoms with Crippen LogP contribution in [-0.2, 0) is 30.9 Å². The number of fused-ring (bicyclic) bond motifs is 1. The van der Waals surface area contributed by atoms with E-state index in [9.17, 15) is 27.6 Å². The first-order valence-electron chi connectivity index (χ1n) is 19.6. The van der Waals surface area contributed by atoms with E-state index in [1.807, 2.05) is 45.0 Å². The van der Waals surface area contributed by atoms with Gasteiger partial charge in [-0.25, -0.2) is 13.2 Å². The quantitative estimate of drug-likeness (QED) is 0.378. The van der Waals surface area contributed by atoms with Crippen molar-refractivity contribution in [1.29, 1.82) is 0 Å². The Hall–Kier alpha value is -4.01. The molecule has 0 spiro atoms. The molecule has 2 aromatic carbocycles. The SMILES string of the molecule is CC(C)(C)OC(=O)NC1CCN(S(=O)(=O)c2cccc(N3CCC(CN4CCC(c5ccc6c(c5)CN(C5CCC(=O)NC5=O)C6=O)CC4)CC3)c2)CC1. The number of carbonyl (C=O) groups excluding carboxylic acids is 4. The van der Waals surface area contributed by atoms with E-state index < -0.39 is 27.8 Å². The van der Waals surface area contributed by atoms with Crippen molar-refractivity contribution in [3.63, 3.8) is 0 Å². The van der Waals surface area contributed by atoms with Crippen LogP contribution in [0.2, 0.25) is 0 Å². The number of hydrogen-bond donors (Lipinski definition) is 2. The molecular weight excluding hydrogens is 709 g/mol. The first kappa shape index (κ1) is 38.3. The summed E-state index contributed by atoms with van der Waals surface area (Å²) in [7, 11) is -3.66. The van der Waals surface area contributed by atoms with Gasteiger partial charge in [0.15, 0.2) is 0 Å². The summed E-state index contributed by atoms with van der Waals surface area (Å²) in [6, 6.07) is 12.8.